The first-order chi connectivity index (χ1) is 11.5. The molecular formula is C20H25NO3. The summed E-state index contributed by atoms with van der Waals surface area (Å²) in [6, 6.07) is 13.9. The maximum Gasteiger partial charge on any atom is 0.227 e. The molecule has 0 spiro atoms. The van der Waals surface area contributed by atoms with E-state index in [1.807, 2.05) is 32.2 Å². The minimum atomic E-state index is 0.0262. The second-order valence-electron chi connectivity index (χ2n) is 5.96. The van der Waals surface area contributed by atoms with Gasteiger partial charge in [-0.05, 0) is 37.1 Å². The van der Waals surface area contributed by atoms with Gasteiger partial charge < -0.3 is 14.4 Å². The van der Waals surface area contributed by atoms with Crippen molar-refractivity contribution in [1.82, 2.24) is 4.90 Å². The van der Waals surface area contributed by atoms with E-state index < -0.39 is 0 Å². The van der Waals surface area contributed by atoms with Crippen LogP contribution in [0, 0.1) is 6.92 Å². The Labute approximate surface area is 144 Å². The molecule has 128 valence electrons. The summed E-state index contributed by atoms with van der Waals surface area (Å²) in [6.07, 6.45) is 0.326. The quantitative estimate of drug-likeness (QED) is 0.810. The van der Waals surface area contributed by atoms with Crippen molar-refractivity contribution in [2.24, 2.45) is 0 Å². The highest BCUT2D eigenvalue weighted by Gasteiger charge is 2.18. The van der Waals surface area contributed by atoms with E-state index in [-0.39, 0.29) is 11.9 Å². The number of methoxy groups -OCH3 is 2. The third-order valence-corrected chi connectivity index (χ3v) is 4.34. The van der Waals surface area contributed by atoms with Crippen LogP contribution in [0.25, 0.3) is 0 Å². The van der Waals surface area contributed by atoms with Crippen LogP contribution in [0.2, 0.25) is 0 Å². The van der Waals surface area contributed by atoms with Crippen molar-refractivity contribution in [1.29, 1.82) is 0 Å². The van der Waals surface area contributed by atoms with E-state index in [0.717, 1.165) is 11.1 Å². The third kappa shape index (κ3) is 4.07. The number of ether oxygens (including phenoxy) is 2. The lowest BCUT2D eigenvalue weighted by atomic mass is 10.0. The minimum absolute atomic E-state index is 0.0262. The molecular weight excluding hydrogens is 302 g/mol. The molecule has 0 aliphatic heterocycles. The van der Waals surface area contributed by atoms with Crippen molar-refractivity contribution in [3.05, 3.63) is 59.2 Å². The van der Waals surface area contributed by atoms with E-state index in [1.54, 1.807) is 19.1 Å². The maximum atomic E-state index is 12.6. The van der Waals surface area contributed by atoms with Gasteiger partial charge in [-0.15, -0.1) is 0 Å². The van der Waals surface area contributed by atoms with Crippen LogP contribution >= 0.6 is 0 Å². The molecule has 0 fully saturated rings. The number of carbonyl (C=O) groups excluding carboxylic acids is 1. The Bertz CT molecular complexity index is 695. The van der Waals surface area contributed by atoms with Gasteiger partial charge in [0.25, 0.3) is 0 Å². The zero-order chi connectivity index (χ0) is 17.7. The predicted molar refractivity (Wildman–Crippen MR) is 95.6 cm³/mol. The minimum Gasteiger partial charge on any atom is -0.493 e. The number of hydrogen-bond acceptors (Lipinski definition) is 3. The molecule has 2 rings (SSSR count). The lowest BCUT2D eigenvalue weighted by molar-refractivity contribution is -0.131. The first-order valence-electron chi connectivity index (χ1n) is 7.99. The molecule has 0 saturated heterocycles. The van der Waals surface area contributed by atoms with Crippen LogP contribution in [0.15, 0.2) is 42.5 Å². The van der Waals surface area contributed by atoms with Crippen LogP contribution < -0.4 is 9.47 Å². The van der Waals surface area contributed by atoms with Crippen molar-refractivity contribution in [2.75, 3.05) is 21.3 Å². The van der Waals surface area contributed by atoms with Crippen LogP contribution in [-0.4, -0.2) is 32.1 Å². The summed E-state index contributed by atoms with van der Waals surface area (Å²) < 4.78 is 10.5. The van der Waals surface area contributed by atoms with Crippen molar-refractivity contribution < 1.29 is 14.3 Å². The number of amides is 1. The summed E-state index contributed by atoms with van der Waals surface area (Å²) in [7, 11) is 5.03. The Hall–Kier alpha value is -2.49. The second-order valence-corrected chi connectivity index (χ2v) is 5.96. The molecule has 0 saturated carbocycles. The highest BCUT2D eigenvalue weighted by Crippen LogP contribution is 2.28. The largest absolute Gasteiger partial charge is 0.493 e. The highest BCUT2D eigenvalue weighted by atomic mass is 16.5. The summed E-state index contributed by atoms with van der Waals surface area (Å²) >= 11 is 0. The lowest BCUT2D eigenvalue weighted by Crippen LogP contribution is -2.30. The van der Waals surface area contributed by atoms with Gasteiger partial charge >= 0.3 is 0 Å². The molecule has 0 N–H and O–H groups in total. The number of aryl methyl sites for hydroxylation is 1. The molecule has 1 unspecified atom stereocenters. The average Bonchev–Trinajstić information content (AvgIpc) is 2.60. The molecule has 2 aromatic carbocycles. The van der Waals surface area contributed by atoms with Crippen LogP contribution in [0.5, 0.6) is 11.5 Å². The molecule has 0 aliphatic rings. The van der Waals surface area contributed by atoms with Crippen LogP contribution in [0.4, 0.5) is 0 Å². The summed E-state index contributed by atoms with van der Waals surface area (Å²) in [4.78, 5) is 14.4. The zero-order valence-corrected chi connectivity index (χ0v) is 15.0. The van der Waals surface area contributed by atoms with Gasteiger partial charge in [-0.2, -0.15) is 0 Å². The van der Waals surface area contributed by atoms with E-state index in [2.05, 4.69) is 31.2 Å². The van der Waals surface area contributed by atoms with E-state index >= 15 is 0 Å². The standard InChI is InChI=1S/C20H25NO3/c1-14-6-9-17(10-7-14)15(2)21(3)20(22)13-16-8-11-18(23-4)19(12-16)24-5/h6-12,15H,13H2,1-5H3. The summed E-state index contributed by atoms with van der Waals surface area (Å²) in [5.41, 5.74) is 3.25. The Morgan fingerprint density at radius 1 is 1.04 bits per heavy atom. The molecule has 1 amide bonds. The number of hydrogen-bond donors (Lipinski definition) is 0. The number of carbonyl (C=O) groups is 1. The number of rotatable bonds is 6. The van der Waals surface area contributed by atoms with Gasteiger partial charge in [0.1, 0.15) is 0 Å². The summed E-state index contributed by atoms with van der Waals surface area (Å²) in [5.74, 6) is 1.36. The van der Waals surface area contributed by atoms with E-state index in [9.17, 15) is 4.79 Å². The molecule has 0 aromatic heterocycles. The molecule has 4 nitrogen and oxygen atoms in total. The van der Waals surface area contributed by atoms with Gasteiger partial charge in [0.2, 0.25) is 5.91 Å². The Morgan fingerprint density at radius 3 is 2.25 bits per heavy atom. The molecule has 2 aromatic rings. The highest BCUT2D eigenvalue weighted by molar-refractivity contribution is 5.79. The van der Waals surface area contributed by atoms with E-state index in [4.69, 9.17) is 9.47 Å². The van der Waals surface area contributed by atoms with Crippen molar-refractivity contribution >= 4 is 5.91 Å². The smallest absolute Gasteiger partial charge is 0.227 e. The van der Waals surface area contributed by atoms with Gasteiger partial charge in [0.15, 0.2) is 11.5 Å². The molecule has 0 heterocycles. The van der Waals surface area contributed by atoms with Gasteiger partial charge in [-0.3, -0.25) is 4.79 Å². The first-order valence-corrected chi connectivity index (χ1v) is 7.99. The van der Waals surface area contributed by atoms with Crippen LogP contribution in [-0.2, 0) is 11.2 Å². The van der Waals surface area contributed by atoms with Crippen LogP contribution in [0.3, 0.4) is 0 Å². The Balaban J connectivity index is 2.09. The molecule has 4 heteroatoms. The fourth-order valence-corrected chi connectivity index (χ4v) is 2.57. The molecule has 0 bridgehead atoms. The second kappa shape index (κ2) is 7.86. The topological polar surface area (TPSA) is 38.8 Å². The fraction of sp³-hybridized carbons (Fsp3) is 0.350. The number of benzene rings is 2. The van der Waals surface area contributed by atoms with E-state index in [0.29, 0.717) is 17.9 Å². The van der Waals surface area contributed by atoms with Crippen molar-refractivity contribution in [2.45, 2.75) is 26.3 Å². The molecule has 24 heavy (non-hydrogen) atoms. The Morgan fingerprint density at radius 2 is 1.67 bits per heavy atom. The normalized spacial score (nSPS) is 11.7. The molecule has 0 aliphatic carbocycles. The van der Waals surface area contributed by atoms with Crippen LogP contribution in [0.1, 0.15) is 29.7 Å². The number of nitrogens with zero attached hydrogens (tertiary/aromatic N) is 1. The zero-order valence-electron chi connectivity index (χ0n) is 15.0. The van der Waals surface area contributed by atoms with Gasteiger partial charge in [0.05, 0.1) is 26.7 Å². The molecule has 1 atom stereocenters. The van der Waals surface area contributed by atoms with E-state index in [1.165, 1.54) is 5.56 Å². The van der Waals surface area contributed by atoms with Crippen molar-refractivity contribution in [3.63, 3.8) is 0 Å². The van der Waals surface area contributed by atoms with Gasteiger partial charge in [0, 0.05) is 7.05 Å². The van der Waals surface area contributed by atoms with Gasteiger partial charge in [-0.1, -0.05) is 35.9 Å². The SMILES string of the molecule is COc1ccc(CC(=O)N(C)C(C)c2ccc(C)cc2)cc1OC. The fourth-order valence-electron chi connectivity index (χ4n) is 2.57. The third-order valence-electron chi connectivity index (χ3n) is 4.34. The maximum absolute atomic E-state index is 12.6. The first kappa shape index (κ1) is 17.9. The predicted octanol–water partition coefficient (Wildman–Crippen LogP) is 3.77. The Kier molecular flexibility index (Phi) is 5.85. The molecule has 0 radical (unpaired) electrons. The average molecular weight is 327 g/mol. The monoisotopic (exact) mass is 327 g/mol. The lowest BCUT2D eigenvalue weighted by Gasteiger charge is -2.25. The van der Waals surface area contributed by atoms with Crippen molar-refractivity contribution in [3.8, 4) is 11.5 Å². The summed E-state index contributed by atoms with van der Waals surface area (Å²) in [5, 5.41) is 0. The summed E-state index contributed by atoms with van der Waals surface area (Å²) in [6.45, 7) is 4.09. The van der Waals surface area contributed by atoms with Gasteiger partial charge in [-0.25, -0.2) is 0 Å². The number of likely N-dealkylation sites (N-methyl/N-ethyl adjacent to an activating group) is 1.